The first-order chi connectivity index (χ1) is 10.2. The van der Waals surface area contributed by atoms with Gasteiger partial charge in [0.1, 0.15) is 5.56 Å². The van der Waals surface area contributed by atoms with Crippen LogP contribution < -0.4 is 5.56 Å². The van der Waals surface area contributed by atoms with Gasteiger partial charge >= 0.3 is 0 Å². The van der Waals surface area contributed by atoms with Crippen molar-refractivity contribution in [3.63, 3.8) is 0 Å². The minimum absolute atomic E-state index is 0.131. The van der Waals surface area contributed by atoms with Crippen LogP contribution in [0, 0.1) is 5.92 Å². The first-order valence-electron chi connectivity index (χ1n) is 7.02. The number of aromatic nitrogens is 2. The van der Waals surface area contributed by atoms with E-state index in [4.69, 9.17) is 4.74 Å². The van der Waals surface area contributed by atoms with Crippen LogP contribution >= 0.6 is 11.3 Å². The maximum Gasteiger partial charge on any atom is 0.271 e. The molecule has 1 saturated heterocycles. The van der Waals surface area contributed by atoms with Crippen LogP contribution in [0.15, 0.2) is 22.6 Å². The highest BCUT2D eigenvalue weighted by molar-refractivity contribution is 7.15. The molecule has 0 aromatic carbocycles. The van der Waals surface area contributed by atoms with Gasteiger partial charge in [0.2, 0.25) is 0 Å². The Balaban J connectivity index is 1.87. The molecular weight excluding hydrogens is 290 g/mol. The van der Waals surface area contributed by atoms with Crippen molar-refractivity contribution in [1.82, 2.24) is 14.3 Å². The topological polar surface area (TPSA) is 63.9 Å². The van der Waals surface area contributed by atoms with Crippen molar-refractivity contribution in [3.8, 4) is 0 Å². The van der Waals surface area contributed by atoms with Crippen molar-refractivity contribution in [1.29, 1.82) is 0 Å². The second-order valence-corrected chi connectivity index (χ2v) is 5.98. The Labute approximate surface area is 126 Å². The molecule has 0 N–H and O–H groups in total. The minimum Gasteiger partial charge on any atom is -0.381 e. The van der Waals surface area contributed by atoms with Crippen molar-refractivity contribution >= 4 is 22.2 Å². The zero-order valence-corrected chi connectivity index (χ0v) is 12.6. The number of thiazole rings is 1. The van der Waals surface area contributed by atoms with Crippen LogP contribution in [0.4, 0.5) is 0 Å². The monoisotopic (exact) mass is 307 g/mol. The van der Waals surface area contributed by atoms with Gasteiger partial charge in [-0.25, -0.2) is 4.98 Å². The van der Waals surface area contributed by atoms with E-state index >= 15 is 0 Å². The van der Waals surface area contributed by atoms with E-state index in [1.54, 1.807) is 16.5 Å². The average Bonchev–Trinajstić information content (AvgIpc) is 3.16. The Morgan fingerprint density at radius 2 is 2.48 bits per heavy atom. The van der Waals surface area contributed by atoms with E-state index in [1.807, 2.05) is 6.92 Å². The number of fused-ring (bicyclic) bond motifs is 1. The minimum atomic E-state index is -0.299. The van der Waals surface area contributed by atoms with Gasteiger partial charge in [-0.3, -0.25) is 14.0 Å². The fraction of sp³-hybridized carbons (Fsp3) is 0.500. The molecule has 1 amide bonds. The normalized spacial score (nSPS) is 18.2. The van der Waals surface area contributed by atoms with Crippen molar-refractivity contribution < 1.29 is 9.53 Å². The van der Waals surface area contributed by atoms with Gasteiger partial charge in [-0.2, -0.15) is 0 Å². The summed E-state index contributed by atoms with van der Waals surface area (Å²) in [5.74, 6) is 0.108. The average molecular weight is 307 g/mol. The molecule has 0 radical (unpaired) electrons. The molecule has 1 fully saturated rings. The highest BCUT2D eigenvalue weighted by Gasteiger charge is 2.24. The molecule has 112 valence electrons. The Morgan fingerprint density at radius 3 is 3.19 bits per heavy atom. The van der Waals surface area contributed by atoms with Gasteiger partial charge in [-0.1, -0.05) is 0 Å². The van der Waals surface area contributed by atoms with Crippen LogP contribution in [0.2, 0.25) is 0 Å². The lowest BCUT2D eigenvalue weighted by atomic mass is 10.1. The summed E-state index contributed by atoms with van der Waals surface area (Å²) in [6, 6.07) is 0. The Bertz CT molecular complexity index is 703. The summed E-state index contributed by atoms with van der Waals surface area (Å²) in [5, 5.41) is 1.78. The molecule has 1 aliphatic rings. The Morgan fingerprint density at radius 1 is 1.62 bits per heavy atom. The Hall–Kier alpha value is -1.73. The van der Waals surface area contributed by atoms with Gasteiger partial charge in [0.25, 0.3) is 11.5 Å². The molecule has 1 aliphatic heterocycles. The molecule has 3 heterocycles. The van der Waals surface area contributed by atoms with Crippen molar-refractivity contribution in [2.24, 2.45) is 5.92 Å². The third-order valence-corrected chi connectivity index (χ3v) is 4.52. The second kappa shape index (κ2) is 5.95. The van der Waals surface area contributed by atoms with Crippen LogP contribution in [0.3, 0.4) is 0 Å². The summed E-state index contributed by atoms with van der Waals surface area (Å²) in [7, 11) is 0. The number of rotatable bonds is 4. The molecule has 3 rings (SSSR count). The van der Waals surface area contributed by atoms with Gasteiger partial charge < -0.3 is 9.64 Å². The van der Waals surface area contributed by atoms with Crippen LogP contribution in [0.25, 0.3) is 4.96 Å². The van der Waals surface area contributed by atoms with E-state index in [-0.39, 0.29) is 17.0 Å². The fourth-order valence-corrected chi connectivity index (χ4v) is 3.21. The summed E-state index contributed by atoms with van der Waals surface area (Å²) in [6.07, 6.45) is 4.00. The number of amides is 1. The summed E-state index contributed by atoms with van der Waals surface area (Å²) < 4.78 is 6.77. The summed E-state index contributed by atoms with van der Waals surface area (Å²) in [6.45, 7) is 4.55. The van der Waals surface area contributed by atoms with Gasteiger partial charge in [-0.15, -0.1) is 11.3 Å². The molecule has 0 aliphatic carbocycles. The molecule has 1 atom stereocenters. The summed E-state index contributed by atoms with van der Waals surface area (Å²) in [5.41, 5.74) is -0.168. The highest BCUT2D eigenvalue weighted by Crippen LogP contribution is 2.15. The number of carbonyl (C=O) groups excluding carboxylic acids is 1. The van der Waals surface area contributed by atoms with E-state index in [0.717, 1.165) is 13.0 Å². The molecule has 2 aromatic rings. The zero-order chi connectivity index (χ0) is 14.8. The predicted octanol–water partition coefficient (Wildman–Crippen LogP) is 1.25. The number of carbonyl (C=O) groups is 1. The lowest BCUT2D eigenvalue weighted by Gasteiger charge is -2.23. The lowest BCUT2D eigenvalue weighted by Crippen LogP contribution is -2.38. The largest absolute Gasteiger partial charge is 0.381 e. The highest BCUT2D eigenvalue weighted by atomic mass is 32.1. The quantitative estimate of drug-likeness (QED) is 0.853. The van der Waals surface area contributed by atoms with Gasteiger partial charge in [0.05, 0.1) is 6.61 Å². The van der Waals surface area contributed by atoms with Crippen LogP contribution in [0.5, 0.6) is 0 Å². The van der Waals surface area contributed by atoms with E-state index in [0.29, 0.717) is 30.6 Å². The summed E-state index contributed by atoms with van der Waals surface area (Å²) in [4.78, 5) is 31.4. The predicted molar refractivity (Wildman–Crippen MR) is 79.8 cm³/mol. The number of hydrogen-bond donors (Lipinski definition) is 0. The maximum absolute atomic E-state index is 12.6. The van der Waals surface area contributed by atoms with Gasteiger partial charge in [0.15, 0.2) is 4.96 Å². The molecule has 0 unspecified atom stereocenters. The third kappa shape index (κ3) is 2.71. The van der Waals surface area contributed by atoms with E-state index in [1.165, 1.54) is 21.9 Å². The van der Waals surface area contributed by atoms with E-state index in [9.17, 15) is 9.59 Å². The first kappa shape index (κ1) is 14.2. The molecule has 21 heavy (non-hydrogen) atoms. The SMILES string of the molecule is CCN(C[C@H]1CCOC1)C(=O)c1cnc2sccn2c1=O. The van der Waals surface area contributed by atoms with Crippen LogP contribution in [0.1, 0.15) is 23.7 Å². The molecular formula is C14H17N3O3S. The number of ether oxygens (including phenoxy) is 1. The van der Waals surface area contributed by atoms with Crippen molar-refractivity contribution in [2.75, 3.05) is 26.3 Å². The maximum atomic E-state index is 12.6. The number of nitrogens with zero attached hydrogens (tertiary/aromatic N) is 3. The third-order valence-electron chi connectivity index (χ3n) is 3.74. The second-order valence-electron chi connectivity index (χ2n) is 5.11. The van der Waals surface area contributed by atoms with Crippen molar-refractivity contribution in [2.45, 2.75) is 13.3 Å². The zero-order valence-electron chi connectivity index (χ0n) is 11.8. The van der Waals surface area contributed by atoms with E-state index in [2.05, 4.69) is 4.98 Å². The number of hydrogen-bond acceptors (Lipinski definition) is 5. The van der Waals surface area contributed by atoms with Crippen molar-refractivity contribution in [3.05, 3.63) is 33.7 Å². The molecule has 0 spiro atoms. The smallest absolute Gasteiger partial charge is 0.271 e. The molecule has 0 bridgehead atoms. The summed E-state index contributed by atoms with van der Waals surface area (Å²) >= 11 is 1.37. The molecule has 0 saturated carbocycles. The fourth-order valence-electron chi connectivity index (χ4n) is 2.54. The van der Waals surface area contributed by atoms with Crippen LogP contribution in [-0.4, -0.2) is 46.5 Å². The van der Waals surface area contributed by atoms with Crippen LogP contribution in [-0.2, 0) is 4.74 Å². The Kier molecular flexibility index (Phi) is 4.03. The van der Waals surface area contributed by atoms with Gasteiger partial charge in [-0.05, 0) is 13.3 Å². The molecule has 7 heteroatoms. The van der Waals surface area contributed by atoms with E-state index < -0.39 is 0 Å². The molecule has 2 aromatic heterocycles. The van der Waals surface area contributed by atoms with Gasteiger partial charge in [0, 0.05) is 43.4 Å². The first-order valence-corrected chi connectivity index (χ1v) is 7.90. The standard InChI is InChI=1S/C14H17N3O3S/c1-2-16(8-10-3-5-20-9-10)12(18)11-7-15-14-17(13(11)19)4-6-21-14/h4,6-7,10H,2-3,5,8-9H2,1H3/t10-/m1/s1. The molecule has 6 nitrogen and oxygen atoms in total. The lowest BCUT2D eigenvalue weighted by molar-refractivity contribution is 0.0728.